The van der Waals surface area contributed by atoms with Gasteiger partial charge < -0.3 is 4.74 Å². The van der Waals surface area contributed by atoms with Gasteiger partial charge in [-0.2, -0.15) is 5.10 Å². The lowest BCUT2D eigenvalue weighted by Gasteiger charge is -2.09. The summed E-state index contributed by atoms with van der Waals surface area (Å²) in [4.78, 5) is 14.2. The lowest BCUT2D eigenvalue weighted by molar-refractivity contribution is 0.0945. The van der Waals surface area contributed by atoms with Gasteiger partial charge in [0.15, 0.2) is 0 Å². The molecule has 0 saturated carbocycles. The maximum atomic E-state index is 12.4. The van der Waals surface area contributed by atoms with E-state index >= 15 is 0 Å². The van der Waals surface area contributed by atoms with Gasteiger partial charge in [-0.25, -0.2) is 8.42 Å². The van der Waals surface area contributed by atoms with Crippen LogP contribution in [-0.4, -0.2) is 30.7 Å². The van der Waals surface area contributed by atoms with Crippen LogP contribution >= 0.6 is 0 Å². The molecule has 0 radical (unpaired) electrons. The second-order valence-electron chi connectivity index (χ2n) is 5.14. The van der Waals surface area contributed by atoms with Crippen LogP contribution in [0.2, 0.25) is 0 Å². The summed E-state index contributed by atoms with van der Waals surface area (Å²) >= 11 is 0. The van der Waals surface area contributed by atoms with Crippen molar-refractivity contribution in [3.05, 3.63) is 41.2 Å². The minimum Gasteiger partial charge on any atom is -0.494 e. The summed E-state index contributed by atoms with van der Waals surface area (Å²) in [6.45, 7) is 5.62. The number of nitrogens with zero attached hydrogens (tertiary/aromatic N) is 2. The van der Waals surface area contributed by atoms with Crippen LogP contribution in [0.5, 0.6) is 5.75 Å². The highest BCUT2D eigenvalue weighted by molar-refractivity contribution is 7.89. The van der Waals surface area contributed by atoms with E-state index in [4.69, 9.17) is 4.74 Å². The molecular formula is C15H20N4O4S. The minimum atomic E-state index is -3.91. The molecule has 1 aromatic carbocycles. The number of hydrogen-bond acceptors (Lipinski definition) is 5. The SMILES string of the molecule is CCOc1ccc(C(=O)NNS(=O)(=O)c2c(C)nn(C)c2C)cc1. The van der Waals surface area contributed by atoms with Crippen molar-refractivity contribution in [2.45, 2.75) is 25.7 Å². The standard InChI is InChI=1S/C15H20N4O4S/c1-5-23-13-8-6-12(7-9-13)15(20)16-18-24(21,22)14-10(2)17-19(4)11(14)3/h6-9,18H,5H2,1-4H3,(H,16,20). The van der Waals surface area contributed by atoms with Gasteiger partial charge in [-0.3, -0.25) is 14.9 Å². The van der Waals surface area contributed by atoms with Gasteiger partial charge in [0.25, 0.3) is 15.9 Å². The van der Waals surface area contributed by atoms with Crippen molar-refractivity contribution in [2.75, 3.05) is 6.61 Å². The van der Waals surface area contributed by atoms with Gasteiger partial charge in [0, 0.05) is 12.6 Å². The first-order valence-electron chi connectivity index (χ1n) is 7.31. The number of ether oxygens (including phenoxy) is 1. The molecule has 2 aromatic rings. The quantitative estimate of drug-likeness (QED) is 0.757. The van der Waals surface area contributed by atoms with E-state index in [9.17, 15) is 13.2 Å². The molecule has 0 fully saturated rings. The molecule has 1 heterocycles. The number of benzene rings is 1. The molecule has 1 amide bonds. The molecule has 0 aliphatic carbocycles. The van der Waals surface area contributed by atoms with Crippen LogP contribution in [0.4, 0.5) is 0 Å². The first-order chi connectivity index (χ1) is 11.3. The van der Waals surface area contributed by atoms with Gasteiger partial charge >= 0.3 is 0 Å². The Bertz CT molecular complexity index is 841. The van der Waals surface area contributed by atoms with Gasteiger partial charge in [-0.1, -0.05) is 0 Å². The second-order valence-corrected chi connectivity index (χ2v) is 6.76. The lowest BCUT2D eigenvalue weighted by Crippen LogP contribution is -2.41. The summed E-state index contributed by atoms with van der Waals surface area (Å²) in [5, 5.41) is 4.06. The van der Waals surface area contributed by atoms with E-state index in [-0.39, 0.29) is 4.90 Å². The highest BCUT2D eigenvalue weighted by Crippen LogP contribution is 2.18. The number of carbonyl (C=O) groups is 1. The first-order valence-corrected chi connectivity index (χ1v) is 8.79. The van der Waals surface area contributed by atoms with Crippen molar-refractivity contribution in [1.29, 1.82) is 0 Å². The van der Waals surface area contributed by atoms with Crippen molar-refractivity contribution in [1.82, 2.24) is 20.0 Å². The summed E-state index contributed by atoms with van der Waals surface area (Å²) < 4.78 is 31.5. The predicted molar refractivity (Wildman–Crippen MR) is 88.1 cm³/mol. The van der Waals surface area contributed by atoms with Crippen LogP contribution in [0.1, 0.15) is 28.7 Å². The lowest BCUT2D eigenvalue weighted by atomic mass is 10.2. The Kier molecular flexibility index (Phi) is 5.25. The normalized spacial score (nSPS) is 11.3. The minimum absolute atomic E-state index is 0.0528. The van der Waals surface area contributed by atoms with Crippen molar-refractivity contribution < 1.29 is 17.9 Å². The van der Waals surface area contributed by atoms with E-state index < -0.39 is 15.9 Å². The second kappa shape index (κ2) is 7.02. The molecule has 2 N–H and O–H groups in total. The van der Waals surface area contributed by atoms with E-state index in [0.717, 1.165) is 0 Å². The Morgan fingerprint density at radius 3 is 2.38 bits per heavy atom. The van der Waals surface area contributed by atoms with Crippen LogP contribution in [0.3, 0.4) is 0 Å². The van der Waals surface area contributed by atoms with Crippen molar-refractivity contribution >= 4 is 15.9 Å². The van der Waals surface area contributed by atoms with Crippen LogP contribution in [0.15, 0.2) is 29.2 Å². The summed E-state index contributed by atoms with van der Waals surface area (Å²) in [7, 11) is -2.26. The fourth-order valence-corrected chi connectivity index (χ4v) is 3.53. The van der Waals surface area contributed by atoms with E-state index in [2.05, 4.69) is 15.4 Å². The van der Waals surface area contributed by atoms with Crippen LogP contribution in [0.25, 0.3) is 0 Å². The number of amides is 1. The van der Waals surface area contributed by atoms with Gasteiger partial charge in [0.1, 0.15) is 10.6 Å². The van der Waals surface area contributed by atoms with E-state index in [1.807, 2.05) is 6.92 Å². The molecule has 8 nitrogen and oxygen atoms in total. The smallest absolute Gasteiger partial charge is 0.266 e. The Morgan fingerprint density at radius 2 is 1.88 bits per heavy atom. The monoisotopic (exact) mass is 352 g/mol. The zero-order chi connectivity index (χ0) is 17.9. The Balaban J connectivity index is 2.10. The third kappa shape index (κ3) is 3.74. The maximum Gasteiger partial charge on any atom is 0.266 e. The van der Waals surface area contributed by atoms with Crippen LogP contribution < -0.4 is 15.0 Å². The Labute approximate surface area is 140 Å². The van der Waals surface area contributed by atoms with Gasteiger partial charge in [-0.15, -0.1) is 4.83 Å². The molecule has 9 heteroatoms. The molecule has 24 heavy (non-hydrogen) atoms. The molecule has 0 unspecified atom stereocenters. The van der Waals surface area contributed by atoms with E-state index in [0.29, 0.717) is 29.3 Å². The van der Waals surface area contributed by atoms with Crippen LogP contribution in [-0.2, 0) is 17.1 Å². The molecule has 130 valence electrons. The number of aryl methyl sites for hydroxylation is 2. The summed E-state index contributed by atoms with van der Waals surface area (Å²) in [6, 6.07) is 6.38. The number of sulfonamides is 1. The maximum absolute atomic E-state index is 12.4. The van der Waals surface area contributed by atoms with Gasteiger partial charge in [0.2, 0.25) is 0 Å². The van der Waals surface area contributed by atoms with Crippen molar-refractivity contribution in [3.63, 3.8) is 0 Å². The fraction of sp³-hybridized carbons (Fsp3) is 0.333. The number of rotatable bonds is 6. The average Bonchev–Trinajstić information content (AvgIpc) is 2.79. The molecule has 0 aliphatic heterocycles. The van der Waals surface area contributed by atoms with Crippen molar-refractivity contribution in [2.24, 2.45) is 7.05 Å². The molecule has 0 aliphatic rings. The highest BCUT2D eigenvalue weighted by atomic mass is 32.2. The Morgan fingerprint density at radius 1 is 1.25 bits per heavy atom. The molecule has 0 bridgehead atoms. The number of hydrogen-bond donors (Lipinski definition) is 2. The molecule has 0 atom stereocenters. The predicted octanol–water partition coefficient (Wildman–Crippen LogP) is 1.06. The average molecular weight is 352 g/mol. The van der Waals surface area contributed by atoms with Gasteiger partial charge in [0.05, 0.1) is 18.0 Å². The highest BCUT2D eigenvalue weighted by Gasteiger charge is 2.24. The number of hydrazine groups is 1. The molecule has 0 spiro atoms. The summed E-state index contributed by atoms with van der Waals surface area (Å²) in [5.41, 5.74) is 3.35. The first kappa shape index (κ1) is 18.0. The zero-order valence-corrected chi connectivity index (χ0v) is 14.8. The van der Waals surface area contributed by atoms with Gasteiger partial charge in [-0.05, 0) is 45.0 Å². The van der Waals surface area contributed by atoms with Crippen LogP contribution in [0, 0.1) is 13.8 Å². The topological polar surface area (TPSA) is 102 Å². The van der Waals surface area contributed by atoms with Crippen molar-refractivity contribution in [3.8, 4) is 5.75 Å². The molecule has 1 aromatic heterocycles. The zero-order valence-electron chi connectivity index (χ0n) is 14.0. The largest absolute Gasteiger partial charge is 0.494 e. The number of nitrogens with one attached hydrogen (secondary N) is 2. The van der Waals surface area contributed by atoms with E-state index in [1.54, 1.807) is 45.2 Å². The number of aromatic nitrogens is 2. The third-order valence-electron chi connectivity index (χ3n) is 3.44. The molecule has 2 rings (SSSR count). The molecular weight excluding hydrogens is 332 g/mol. The fourth-order valence-electron chi connectivity index (χ4n) is 2.25. The van der Waals surface area contributed by atoms with E-state index in [1.165, 1.54) is 4.68 Å². The molecule has 0 saturated heterocycles. The Hall–Kier alpha value is -2.39. The summed E-state index contributed by atoms with van der Waals surface area (Å²) in [5.74, 6) is 0.0667. The summed E-state index contributed by atoms with van der Waals surface area (Å²) in [6.07, 6.45) is 0. The third-order valence-corrected chi connectivity index (χ3v) is 4.94. The number of carbonyl (C=O) groups excluding carboxylic acids is 1.